The molecule has 24 heavy (non-hydrogen) atoms. The van der Waals surface area contributed by atoms with Crippen molar-refractivity contribution in [3.05, 3.63) is 48.0 Å². The lowest BCUT2D eigenvalue weighted by Crippen LogP contribution is -2.26. The summed E-state index contributed by atoms with van der Waals surface area (Å²) in [6.45, 7) is 4.02. The fourth-order valence-electron chi connectivity index (χ4n) is 2.67. The minimum atomic E-state index is -0.0393. The molecule has 124 valence electrons. The molecule has 2 aromatic rings. The first-order chi connectivity index (χ1) is 11.5. The van der Waals surface area contributed by atoms with Crippen molar-refractivity contribution >= 4 is 35.0 Å². The van der Waals surface area contributed by atoms with Crippen LogP contribution in [0.3, 0.4) is 0 Å². The maximum atomic E-state index is 12.7. The van der Waals surface area contributed by atoms with Crippen molar-refractivity contribution in [2.45, 2.75) is 30.1 Å². The predicted octanol–water partition coefficient (Wildman–Crippen LogP) is 4.41. The Kier molecular flexibility index (Phi) is 4.62. The summed E-state index contributed by atoms with van der Waals surface area (Å²) in [5.74, 6) is 0.256. The van der Waals surface area contributed by atoms with Crippen LogP contribution in [0.2, 0.25) is 0 Å². The number of amides is 2. The van der Waals surface area contributed by atoms with Gasteiger partial charge in [-0.05, 0) is 36.2 Å². The van der Waals surface area contributed by atoms with E-state index in [0.717, 1.165) is 15.5 Å². The van der Waals surface area contributed by atoms with Crippen molar-refractivity contribution in [2.24, 2.45) is 5.92 Å². The molecule has 0 aliphatic carbocycles. The summed E-state index contributed by atoms with van der Waals surface area (Å²) in [5, 5.41) is 2.91. The van der Waals surface area contributed by atoms with Crippen molar-refractivity contribution in [2.75, 3.05) is 17.3 Å². The molecule has 0 radical (unpaired) electrons. The average molecular weight is 340 g/mol. The minimum absolute atomic E-state index is 0.0107. The van der Waals surface area contributed by atoms with Gasteiger partial charge in [0.25, 0.3) is 5.91 Å². The Balaban J connectivity index is 1.93. The molecule has 1 heterocycles. The molecular weight excluding hydrogens is 320 g/mol. The van der Waals surface area contributed by atoms with E-state index in [1.165, 1.54) is 0 Å². The Morgan fingerprint density at radius 2 is 1.92 bits per heavy atom. The standard InChI is InChI=1S/C19H20N2O2S/c1-12(2)10-18(22)20-13-8-9-17-15(11-13)21(3)19(23)14-6-4-5-7-16(14)24-17/h4-9,11-12H,10H2,1-3H3,(H,20,22). The van der Waals surface area contributed by atoms with Crippen LogP contribution in [0.1, 0.15) is 30.6 Å². The predicted molar refractivity (Wildman–Crippen MR) is 97.8 cm³/mol. The number of carbonyl (C=O) groups is 2. The second kappa shape index (κ2) is 6.69. The van der Waals surface area contributed by atoms with Crippen molar-refractivity contribution in [3.63, 3.8) is 0 Å². The van der Waals surface area contributed by atoms with Crippen molar-refractivity contribution in [1.29, 1.82) is 0 Å². The average Bonchev–Trinajstić information content (AvgIpc) is 2.63. The van der Waals surface area contributed by atoms with E-state index in [1.807, 2.05) is 56.3 Å². The number of fused-ring (bicyclic) bond motifs is 2. The number of benzene rings is 2. The van der Waals surface area contributed by atoms with Gasteiger partial charge in [-0.2, -0.15) is 0 Å². The molecule has 5 heteroatoms. The first-order valence-electron chi connectivity index (χ1n) is 7.94. The van der Waals surface area contributed by atoms with E-state index in [2.05, 4.69) is 5.32 Å². The second-order valence-corrected chi connectivity index (χ2v) is 7.37. The number of nitrogens with one attached hydrogen (secondary N) is 1. The summed E-state index contributed by atoms with van der Waals surface area (Å²) in [6.07, 6.45) is 0.478. The van der Waals surface area contributed by atoms with E-state index in [9.17, 15) is 9.59 Å². The Morgan fingerprint density at radius 1 is 1.17 bits per heavy atom. The highest BCUT2D eigenvalue weighted by Gasteiger charge is 2.24. The zero-order valence-electron chi connectivity index (χ0n) is 14.0. The lowest BCUT2D eigenvalue weighted by atomic mass is 10.1. The maximum absolute atomic E-state index is 12.7. The van der Waals surface area contributed by atoms with Crippen molar-refractivity contribution in [1.82, 2.24) is 0 Å². The van der Waals surface area contributed by atoms with Gasteiger partial charge in [0.1, 0.15) is 0 Å². The van der Waals surface area contributed by atoms with Crippen LogP contribution in [0.4, 0.5) is 11.4 Å². The molecule has 0 spiro atoms. The number of anilines is 2. The van der Waals surface area contributed by atoms with E-state index in [1.54, 1.807) is 23.7 Å². The molecule has 0 bridgehead atoms. The Hall–Kier alpha value is -2.27. The molecule has 2 amide bonds. The number of rotatable bonds is 3. The molecule has 0 atom stereocenters. The monoisotopic (exact) mass is 340 g/mol. The molecule has 1 aliphatic rings. The fraction of sp³-hybridized carbons (Fsp3) is 0.263. The molecular formula is C19H20N2O2S. The van der Waals surface area contributed by atoms with Gasteiger partial charge >= 0.3 is 0 Å². The summed E-state index contributed by atoms with van der Waals surface area (Å²) in [4.78, 5) is 28.3. The summed E-state index contributed by atoms with van der Waals surface area (Å²) >= 11 is 1.57. The third-order valence-electron chi connectivity index (χ3n) is 3.84. The van der Waals surface area contributed by atoms with E-state index >= 15 is 0 Å². The lowest BCUT2D eigenvalue weighted by Gasteiger charge is -2.18. The number of carbonyl (C=O) groups excluding carboxylic acids is 2. The largest absolute Gasteiger partial charge is 0.326 e. The van der Waals surface area contributed by atoms with Crippen molar-refractivity contribution < 1.29 is 9.59 Å². The number of nitrogens with zero attached hydrogens (tertiary/aromatic N) is 1. The quantitative estimate of drug-likeness (QED) is 0.900. The first kappa shape index (κ1) is 16.6. The molecule has 0 unspecified atom stereocenters. The summed E-state index contributed by atoms with van der Waals surface area (Å²) in [5.41, 5.74) is 2.22. The van der Waals surface area contributed by atoms with Gasteiger partial charge in [-0.1, -0.05) is 37.7 Å². The van der Waals surface area contributed by atoms with Gasteiger partial charge in [-0.15, -0.1) is 0 Å². The normalized spacial score (nSPS) is 13.3. The van der Waals surface area contributed by atoms with Crippen LogP contribution in [0.25, 0.3) is 0 Å². The minimum Gasteiger partial charge on any atom is -0.326 e. The summed E-state index contributed by atoms with van der Waals surface area (Å²) < 4.78 is 0. The molecule has 1 aliphatic heterocycles. The topological polar surface area (TPSA) is 49.4 Å². The van der Waals surface area contributed by atoms with Gasteiger partial charge in [-0.3, -0.25) is 9.59 Å². The van der Waals surface area contributed by atoms with E-state index < -0.39 is 0 Å². The Morgan fingerprint density at radius 3 is 2.67 bits per heavy atom. The SMILES string of the molecule is CC(C)CC(=O)Nc1ccc2c(c1)N(C)C(=O)c1ccccc1S2. The van der Waals surface area contributed by atoms with Gasteiger partial charge in [0.2, 0.25) is 5.91 Å². The molecule has 4 nitrogen and oxygen atoms in total. The van der Waals surface area contributed by atoms with Gasteiger partial charge < -0.3 is 10.2 Å². The zero-order valence-corrected chi connectivity index (χ0v) is 14.8. The van der Waals surface area contributed by atoms with Crippen LogP contribution < -0.4 is 10.2 Å². The van der Waals surface area contributed by atoms with Crippen LogP contribution in [0.15, 0.2) is 52.3 Å². The number of hydrogen-bond donors (Lipinski definition) is 1. The molecule has 0 saturated carbocycles. The molecule has 3 rings (SSSR count). The Bertz CT molecular complexity index is 802. The van der Waals surface area contributed by atoms with Gasteiger partial charge in [0.15, 0.2) is 0 Å². The second-order valence-electron chi connectivity index (χ2n) is 6.29. The van der Waals surface area contributed by atoms with E-state index in [0.29, 0.717) is 23.6 Å². The zero-order chi connectivity index (χ0) is 17.3. The van der Waals surface area contributed by atoms with Crippen molar-refractivity contribution in [3.8, 4) is 0 Å². The summed E-state index contributed by atoms with van der Waals surface area (Å²) in [7, 11) is 1.77. The molecule has 1 N–H and O–H groups in total. The highest BCUT2D eigenvalue weighted by atomic mass is 32.2. The van der Waals surface area contributed by atoms with Crippen LogP contribution in [0, 0.1) is 5.92 Å². The molecule has 2 aromatic carbocycles. The highest BCUT2D eigenvalue weighted by Crippen LogP contribution is 2.41. The van der Waals surface area contributed by atoms with Crippen LogP contribution in [-0.4, -0.2) is 18.9 Å². The van der Waals surface area contributed by atoms with E-state index in [4.69, 9.17) is 0 Å². The Labute approximate surface area is 146 Å². The fourth-order valence-corrected chi connectivity index (χ4v) is 3.75. The number of hydrogen-bond acceptors (Lipinski definition) is 3. The van der Waals surface area contributed by atoms with Crippen LogP contribution in [0.5, 0.6) is 0 Å². The first-order valence-corrected chi connectivity index (χ1v) is 8.76. The summed E-state index contributed by atoms with van der Waals surface area (Å²) in [6, 6.07) is 13.3. The lowest BCUT2D eigenvalue weighted by molar-refractivity contribution is -0.116. The smallest absolute Gasteiger partial charge is 0.259 e. The third-order valence-corrected chi connectivity index (χ3v) is 4.98. The van der Waals surface area contributed by atoms with Crippen LogP contribution in [-0.2, 0) is 4.79 Å². The van der Waals surface area contributed by atoms with Crippen LogP contribution >= 0.6 is 11.8 Å². The molecule has 0 saturated heterocycles. The van der Waals surface area contributed by atoms with Gasteiger partial charge in [0.05, 0.1) is 11.3 Å². The highest BCUT2D eigenvalue weighted by molar-refractivity contribution is 7.99. The van der Waals surface area contributed by atoms with Gasteiger partial charge in [0, 0.05) is 28.9 Å². The van der Waals surface area contributed by atoms with E-state index in [-0.39, 0.29) is 11.8 Å². The molecule has 0 fully saturated rings. The maximum Gasteiger partial charge on any atom is 0.259 e. The van der Waals surface area contributed by atoms with Gasteiger partial charge in [-0.25, -0.2) is 0 Å². The molecule has 0 aromatic heterocycles. The third kappa shape index (κ3) is 3.31.